The van der Waals surface area contributed by atoms with Gasteiger partial charge in [0.1, 0.15) is 13.2 Å². The van der Waals surface area contributed by atoms with Crippen LogP contribution in [0.15, 0.2) is 46.3 Å². The molecule has 3 aromatic rings. The maximum Gasteiger partial charge on any atom is 0.279 e. The second kappa shape index (κ2) is 10.1. The summed E-state index contributed by atoms with van der Waals surface area (Å²) in [5.74, 6) is 3.42. The van der Waals surface area contributed by atoms with E-state index in [4.69, 9.17) is 15.9 Å². The predicted molar refractivity (Wildman–Crippen MR) is 138 cm³/mol. The summed E-state index contributed by atoms with van der Waals surface area (Å²) in [6.45, 7) is 3.72. The van der Waals surface area contributed by atoms with Crippen molar-refractivity contribution >= 4 is 37.5 Å². The Kier molecular flexibility index (Phi) is 6.88. The van der Waals surface area contributed by atoms with Gasteiger partial charge in [-0.15, -0.1) is 6.42 Å². The first kappa shape index (κ1) is 24.6. The average Bonchev–Trinajstić information content (AvgIpc) is 3.23. The third kappa shape index (κ3) is 4.54. The Morgan fingerprint density at radius 2 is 1.89 bits per heavy atom. The van der Waals surface area contributed by atoms with Crippen LogP contribution in [0.25, 0.3) is 10.2 Å². The van der Waals surface area contributed by atoms with Crippen LogP contribution in [0.3, 0.4) is 0 Å². The lowest BCUT2D eigenvalue weighted by molar-refractivity contribution is 0.0997. The van der Waals surface area contributed by atoms with Gasteiger partial charge in [0.05, 0.1) is 21.7 Å². The van der Waals surface area contributed by atoms with Gasteiger partial charge >= 0.3 is 0 Å². The SMILES string of the molecule is C#CCn1c(=NC(=O)c2ccc(S(=O)(=O)N3CCCCC3CC)cc2)sc2cc3c(cc21)OCCO3. The molecule has 36 heavy (non-hydrogen) atoms. The minimum absolute atomic E-state index is 0.0149. The van der Waals surface area contributed by atoms with E-state index < -0.39 is 15.9 Å². The van der Waals surface area contributed by atoms with Crippen LogP contribution >= 0.6 is 11.3 Å². The van der Waals surface area contributed by atoms with Crippen LogP contribution in [-0.2, 0) is 16.6 Å². The topological polar surface area (TPSA) is 90.2 Å². The Bertz CT molecular complexity index is 1510. The highest BCUT2D eigenvalue weighted by molar-refractivity contribution is 7.89. The molecule has 5 rings (SSSR count). The third-order valence-corrected chi connectivity index (χ3v) is 9.55. The zero-order chi connectivity index (χ0) is 25.3. The summed E-state index contributed by atoms with van der Waals surface area (Å²) < 4.78 is 42.1. The zero-order valence-corrected chi connectivity index (χ0v) is 21.6. The fraction of sp³-hybridized carbons (Fsp3) is 0.385. The Hall–Kier alpha value is -3.13. The molecule has 0 aliphatic carbocycles. The quantitative estimate of drug-likeness (QED) is 0.473. The number of thiazole rings is 1. The molecule has 0 N–H and O–H groups in total. The van der Waals surface area contributed by atoms with E-state index in [-0.39, 0.29) is 17.5 Å². The third-order valence-electron chi connectivity index (χ3n) is 6.55. The molecule has 0 radical (unpaired) electrons. The minimum Gasteiger partial charge on any atom is -0.486 e. The lowest BCUT2D eigenvalue weighted by atomic mass is 10.0. The number of hydrogen-bond acceptors (Lipinski definition) is 6. The molecule has 1 aromatic heterocycles. The Morgan fingerprint density at radius 1 is 1.17 bits per heavy atom. The highest BCUT2D eigenvalue weighted by atomic mass is 32.2. The van der Waals surface area contributed by atoms with Gasteiger partial charge < -0.3 is 14.0 Å². The molecular formula is C26H27N3O5S2. The van der Waals surface area contributed by atoms with Gasteiger partial charge in [-0.25, -0.2) is 8.42 Å². The molecule has 3 heterocycles. The molecule has 1 unspecified atom stereocenters. The first-order valence-electron chi connectivity index (χ1n) is 12.0. The van der Waals surface area contributed by atoms with Crippen molar-refractivity contribution in [2.75, 3.05) is 19.8 Å². The van der Waals surface area contributed by atoms with Gasteiger partial charge in [-0.1, -0.05) is 30.6 Å². The number of nitrogens with zero attached hydrogens (tertiary/aromatic N) is 3. The van der Waals surface area contributed by atoms with Gasteiger partial charge in [-0.05, 0) is 43.5 Å². The van der Waals surface area contributed by atoms with Gasteiger partial charge in [-0.3, -0.25) is 4.79 Å². The number of carbonyl (C=O) groups excluding carboxylic acids is 1. The van der Waals surface area contributed by atoms with Crippen LogP contribution < -0.4 is 14.3 Å². The van der Waals surface area contributed by atoms with Gasteiger partial charge in [0.2, 0.25) is 10.0 Å². The number of terminal acetylenes is 1. The van der Waals surface area contributed by atoms with Crippen LogP contribution in [0.2, 0.25) is 0 Å². The molecule has 2 aliphatic heterocycles. The number of benzene rings is 2. The Balaban J connectivity index is 1.46. The molecule has 188 valence electrons. The number of piperidine rings is 1. The van der Waals surface area contributed by atoms with Crippen molar-refractivity contribution in [2.24, 2.45) is 4.99 Å². The van der Waals surface area contributed by atoms with Crippen molar-refractivity contribution in [1.29, 1.82) is 0 Å². The van der Waals surface area contributed by atoms with Gasteiger partial charge in [0, 0.05) is 30.3 Å². The highest BCUT2D eigenvalue weighted by Gasteiger charge is 2.32. The maximum atomic E-state index is 13.2. The molecule has 2 aromatic carbocycles. The van der Waals surface area contributed by atoms with Crippen LogP contribution in [0.4, 0.5) is 0 Å². The van der Waals surface area contributed by atoms with Crippen LogP contribution in [0, 0.1) is 12.3 Å². The number of hydrogen-bond donors (Lipinski definition) is 0. The maximum absolute atomic E-state index is 13.2. The van der Waals surface area contributed by atoms with Crippen LogP contribution in [0.5, 0.6) is 11.5 Å². The average molecular weight is 526 g/mol. The van der Waals surface area contributed by atoms with Gasteiger partial charge in [0.15, 0.2) is 16.3 Å². The van der Waals surface area contributed by atoms with Gasteiger partial charge in [0.25, 0.3) is 5.91 Å². The molecule has 1 atom stereocenters. The molecular weight excluding hydrogens is 498 g/mol. The lowest BCUT2D eigenvalue weighted by Gasteiger charge is -2.34. The number of ether oxygens (including phenoxy) is 2. The van der Waals surface area contributed by atoms with E-state index in [0.29, 0.717) is 41.6 Å². The number of sulfonamides is 1. The monoisotopic (exact) mass is 525 g/mol. The Labute approximate surface area is 214 Å². The fourth-order valence-electron chi connectivity index (χ4n) is 4.69. The zero-order valence-electron chi connectivity index (χ0n) is 20.0. The smallest absolute Gasteiger partial charge is 0.279 e. The summed E-state index contributed by atoms with van der Waals surface area (Å²) in [4.78, 5) is 18.0. The van der Waals surface area contributed by atoms with Crippen molar-refractivity contribution < 1.29 is 22.7 Å². The van der Waals surface area contributed by atoms with Crippen molar-refractivity contribution in [3.63, 3.8) is 0 Å². The first-order valence-corrected chi connectivity index (χ1v) is 14.3. The molecule has 0 spiro atoms. The molecule has 1 amide bonds. The number of amides is 1. The molecule has 10 heteroatoms. The molecule has 8 nitrogen and oxygen atoms in total. The molecule has 1 saturated heterocycles. The minimum atomic E-state index is -3.62. The molecule has 0 saturated carbocycles. The largest absolute Gasteiger partial charge is 0.486 e. The van der Waals surface area contributed by atoms with E-state index in [9.17, 15) is 13.2 Å². The Morgan fingerprint density at radius 3 is 2.58 bits per heavy atom. The van der Waals surface area contributed by atoms with Crippen LogP contribution in [-0.4, -0.2) is 49.0 Å². The van der Waals surface area contributed by atoms with Crippen molar-refractivity contribution in [2.45, 2.75) is 50.1 Å². The summed E-state index contributed by atoms with van der Waals surface area (Å²) in [5, 5.41) is 0. The van der Waals surface area contributed by atoms with E-state index >= 15 is 0 Å². The summed E-state index contributed by atoms with van der Waals surface area (Å²) in [7, 11) is -3.62. The summed E-state index contributed by atoms with van der Waals surface area (Å²) in [6, 6.07) is 9.75. The van der Waals surface area contributed by atoms with E-state index in [2.05, 4.69) is 10.9 Å². The number of rotatable bonds is 5. The molecule has 0 bridgehead atoms. The summed E-state index contributed by atoms with van der Waals surface area (Å²) in [6.07, 6.45) is 9.14. The van der Waals surface area contributed by atoms with Crippen molar-refractivity contribution in [1.82, 2.24) is 8.87 Å². The van der Waals surface area contributed by atoms with Crippen molar-refractivity contribution in [3.8, 4) is 23.8 Å². The number of aromatic nitrogens is 1. The van der Waals surface area contributed by atoms with Crippen molar-refractivity contribution in [3.05, 3.63) is 46.8 Å². The van der Waals surface area contributed by atoms with Crippen LogP contribution in [0.1, 0.15) is 43.0 Å². The number of fused-ring (bicyclic) bond motifs is 2. The fourth-order valence-corrected chi connectivity index (χ4v) is 7.50. The molecule has 1 fully saturated rings. The highest BCUT2D eigenvalue weighted by Crippen LogP contribution is 2.35. The lowest BCUT2D eigenvalue weighted by Crippen LogP contribution is -2.43. The second-order valence-corrected chi connectivity index (χ2v) is 11.7. The van der Waals surface area contributed by atoms with E-state index in [1.54, 1.807) is 8.87 Å². The standard InChI is InChI=1S/C26H27N3O5S2/c1-3-12-28-21-16-22-23(34-15-14-33-22)17-24(21)35-26(28)27-25(30)18-8-10-20(11-9-18)36(31,32)29-13-6-5-7-19(29)4-2/h1,8-11,16-17,19H,4-7,12-15H2,2H3. The summed E-state index contributed by atoms with van der Waals surface area (Å²) >= 11 is 1.33. The molecule has 2 aliphatic rings. The number of carbonyl (C=O) groups is 1. The van der Waals surface area contributed by atoms with E-state index in [1.807, 2.05) is 19.1 Å². The first-order chi connectivity index (χ1) is 17.4. The second-order valence-electron chi connectivity index (χ2n) is 8.75. The normalized spacial score (nSPS) is 18.8. The van der Waals surface area contributed by atoms with E-state index in [0.717, 1.165) is 35.9 Å². The van der Waals surface area contributed by atoms with Gasteiger partial charge in [-0.2, -0.15) is 9.30 Å². The van der Waals surface area contributed by atoms with E-state index in [1.165, 1.54) is 35.6 Å². The summed E-state index contributed by atoms with van der Waals surface area (Å²) in [5.41, 5.74) is 1.11. The predicted octanol–water partition coefficient (Wildman–Crippen LogP) is 3.80.